The van der Waals surface area contributed by atoms with Gasteiger partial charge in [-0.2, -0.15) is 0 Å². The molecule has 28 heavy (non-hydrogen) atoms. The van der Waals surface area contributed by atoms with Gasteiger partial charge in [0.15, 0.2) is 0 Å². The van der Waals surface area contributed by atoms with Gasteiger partial charge in [0.1, 0.15) is 18.0 Å². The van der Waals surface area contributed by atoms with Crippen LogP contribution >= 0.6 is 27.7 Å². The number of hydrogen-bond donors (Lipinski definition) is 0. The molecule has 2 heterocycles. The lowest BCUT2D eigenvalue weighted by Crippen LogP contribution is -2.44. The van der Waals surface area contributed by atoms with Gasteiger partial charge in [-0.15, -0.1) is 0 Å². The molecule has 2 aliphatic heterocycles. The van der Waals surface area contributed by atoms with E-state index in [-0.39, 0.29) is 17.4 Å². The van der Waals surface area contributed by atoms with Crippen molar-refractivity contribution in [1.29, 1.82) is 0 Å². The topological polar surface area (TPSA) is 76.2 Å². The summed E-state index contributed by atoms with van der Waals surface area (Å²) in [5.74, 6) is 0.452. The first-order valence-electron chi connectivity index (χ1n) is 8.89. The van der Waals surface area contributed by atoms with Crippen molar-refractivity contribution < 1.29 is 23.9 Å². The lowest BCUT2D eigenvalue weighted by Gasteiger charge is -2.27. The van der Waals surface area contributed by atoms with E-state index in [0.717, 1.165) is 35.9 Å². The fourth-order valence-corrected chi connectivity index (χ4v) is 4.50. The number of rotatable bonds is 5. The van der Waals surface area contributed by atoms with Gasteiger partial charge in [0.2, 0.25) is 5.91 Å². The highest BCUT2D eigenvalue weighted by Gasteiger charge is 2.37. The van der Waals surface area contributed by atoms with Crippen LogP contribution in [0.25, 0.3) is 6.08 Å². The molecule has 2 saturated heterocycles. The minimum absolute atomic E-state index is 0.187. The van der Waals surface area contributed by atoms with Crippen LogP contribution in [0.4, 0.5) is 4.79 Å². The molecule has 0 saturated carbocycles. The molecular formula is C19H21BrN2O5S. The van der Waals surface area contributed by atoms with Crippen LogP contribution in [0.15, 0.2) is 21.5 Å². The lowest BCUT2D eigenvalue weighted by molar-refractivity contribution is -0.136. The predicted molar refractivity (Wildman–Crippen MR) is 110 cm³/mol. The van der Waals surface area contributed by atoms with Gasteiger partial charge in [0, 0.05) is 24.7 Å². The molecule has 2 aliphatic rings. The summed E-state index contributed by atoms with van der Waals surface area (Å²) in [7, 11) is 3.06. The van der Waals surface area contributed by atoms with E-state index in [0.29, 0.717) is 34.6 Å². The largest absolute Gasteiger partial charge is 0.496 e. The van der Waals surface area contributed by atoms with Crippen LogP contribution in [0.3, 0.4) is 0 Å². The molecule has 0 spiro atoms. The molecule has 1 aromatic carbocycles. The van der Waals surface area contributed by atoms with Crippen LogP contribution in [-0.2, 0) is 9.59 Å². The van der Waals surface area contributed by atoms with Crippen molar-refractivity contribution in [2.75, 3.05) is 33.9 Å². The van der Waals surface area contributed by atoms with Crippen LogP contribution in [-0.4, -0.2) is 60.7 Å². The number of nitrogens with zero attached hydrogens (tertiary/aromatic N) is 2. The standard InChI is InChI=1S/C19H21BrN2O5S/c1-26-14-10-15(27-2)13(20)8-12(14)9-16-18(24)22(19(25)28-16)11-17(23)21-6-4-3-5-7-21/h8-10H,3-7,11H2,1-2H3/b16-9-. The predicted octanol–water partition coefficient (Wildman–Crippen LogP) is 3.52. The van der Waals surface area contributed by atoms with Crippen LogP contribution in [0, 0.1) is 0 Å². The van der Waals surface area contributed by atoms with Gasteiger partial charge in [-0.1, -0.05) is 0 Å². The Hall–Kier alpha value is -2.00. The highest BCUT2D eigenvalue weighted by atomic mass is 79.9. The first-order valence-corrected chi connectivity index (χ1v) is 10.5. The molecule has 3 rings (SSSR count). The van der Waals surface area contributed by atoms with E-state index in [1.54, 1.807) is 30.2 Å². The van der Waals surface area contributed by atoms with Gasteiger partial charge in [-0.05, 0) is 59.1 Å². The number of methoxy groups -OCH3 is 2. The summed E-state index contributed by atoms with van der Waals surface area (Å²) in [5, 5.41) is -0.437. The first kappa shape index (κ1) is 20.7. The molecule has 0 aliphatic carbocycles. The van der Waals surface area contributed by atoms with Crippen LogP contribution < -0.4 is 9.47 Å². The van der Waals surface area contributed by atoms with Crippen LogP contribution in [0.2, 0.25) is 0 Å². The molecule has 7 nitrogen and oxygen atoms in total. The molecule has 3 amide bonds. The Morgan fingerprint density at radius 3 is 2.46 bits per heavy atom. The van der Waals surface area contributed by atoms with E-state index in [9.17, 15) is 14.4 Å². The number of hydrogen-bond acceptors (Lipinski definition) is 6. The molecule has 0 unspecified atom stereocenters. The van der Waals surface area contributed by atoms with Crippen LogP contribution in [0.5, 0.6) is 11.5 Å². The number of halogens is 1. The molecule has 0 N–H and O–H groups in total. The number of piperidine rings is 1. The second-order valence-corrected chi connectivity index (χ2v) is 8.29. The molecule has 1 aromatic rings. The first-order chi connectivity index (χ1) is 13.4. The van der Waals surface area contributed by atoms with Crippen molar-refractivity contribution in [3.8, 4) is 11.5 Å². The SMILES string of the molecule is COc1cc(OC)c(/C=C2\SC(=O)N(CC(=O)N3CCCCC3)C2=O)cc1Br. The van der Waals surface area contributed by atoms with Gasteiger partial charge in [0.25, 0.3) is 11.1 Å². The third-order valence-electron chi connectivity index (χ3n) is 4.67. The Labute approximate surface area is 176 Å². The maximum absolute atomic E-state index is 12.7. The third kappa shape index (κ3) is 4.35. The Morgan fingerprint density at radius 1 is 1.14 bits per heavy atom. The van der Waals surface area contributed by atoms with Crippen molar-refractivity contribution in [2.45, 2.75) is 19.3 Å². The number of carbonyl (C=O) groups excluding carboxylic acids is 3. The van der Waals surface area contributed by atoms with Gasteiger partial charge < -0.3 is 14.4 Å². The van der Waals surface area contributed by atoms with Crippen molar-refractivity contribution in [3.05, 3.63) is 27.1 Å². The molecular weight excluding hydrogens is 448 g/mol. The molecule has 0 atom stereocenters. The maximum atomic E-state index is 12.7. The summed E-state index contributed by atoms with van der Waals surface area (Å²) < 4.78 is 11.3. The number of benzene rings is 1. The fourth-order valence-electron chi connectivity index (χ4n) is 3.15. The average molecular weight is 469 g/mol. The smallest absolute Gasteiger partial charge is 0.294 e. The second kappa shape index (κ2) is 9.00. The lowest BCUT2D eigenvalue weighted by atomic mass is 10.1. The number of likely N-dealkylation sites (tertiary alicyclic amines) is 1. The molecule has 0 radical (unpaired) electrons. The Morgan fingerprint density at radius 2 is 1.82 bits per heavy atom. The molecule has 150 valence electrons. The summed E-state index contributed by atoms with van der Waals surface area (Å²) >= 11 is 4.23. The molecule has 0 aromatic heterocycles. The van der Waals surface area contributed by atoms with Gasteiger partial charge in [-0.25, -0.2) is 0 Å². The minimum Gasteiger partial charge on any atom is -0.496 e. The number of thioether (sulfide) groups is 1. The minimum atomic E-state index is -0.464. The molecule has 0 bridgehead atoms. The van der Waals surface area contributed by atoms with E-state index in [1.807, 2.05) is 0 Å². The van der Waals surface area contributed by atoms with Gasteiger partial charge in [-0.3, -0.25) is 19.3 Å². The summed E-state index contributed by atoms with van der Waals surface area (Å²) in [6, 6.07) is 3.45. The number of amides is 3. The van der Waals surface area contributed by atoms with Gasteiger partial charge >= 0.3 is 0 Å². The normalized spacial score (nSPS) is 18.8. The maximum Gasteiger partial charge on any atom is 0.294 e. The van der Waals surface area contributed by atoms with E-state index in [4.69, 9.17) is 9.47 Å². The Balaban J connectivity index is 1.79. The Kier molecular flexibility index (Phi) is 6.66. The van der Waals surface area contributed by atoms with Crippen molar-refractivity contribution >= 4 is 50.8 Å². The zero-order valence-electron chi connectivity index (χ0n) is 15.7. The second-order valence-electron chi connectivity index (χ2n) is 6.44. The molecule has 9 heteroatoms. The average Bonchev–Trinajstić information content (AvgIpc) is 2.96. The summed E-state index contributed by atoms with van der Waals surface area (Å²) in [4.78, 5) is 40.5. The van der Waals surface area contributed by atoms with E-state index in [2.05, 4.69) is 15.9 Å². The monoisotopic (exact) mass is 468 g/mol. The quantitative estimate of drug-likeness (QED) is 0.615. The van der Waals surface area contributed by atoms with Crippen molar-refractivity contribution in [1.82, 2.24) is 9.80 Å². The van der Waals surface area contributed by atoms with Crippen LogP contribution in [0.1, 0.15) is 24.8 Å². The van der Waals surface area contributed by atoms with E-state index >= 15 is 0 Å². The third-order valence-corrected chi connectivity index (χ3v) is 6.19. The number of imide groups is 1. The van der Waals surface area contributed by atoms with E-state index in [1.165, 1.54) is 7.11 Å². The summed E-state index contributed by atoms with van der Waals surface area (Å²) in [5.41, 5.74) is 0.628. The van der Waals surface area contributed by atoms with E-state index < -0.39 is 11.1 Å². The van der Waals surface area contributed by atoms with Crippen molar-refractivity contribution in [2.24, 2.45) is 0 Å². The highest BCUT2D eigenvalue weighted by Crippen LogP contribution is 2.37. The van der Waals surface area contributed by atoms with Crippen molar-refractivity contribution in [3.63, 3.8) is 0 Å². The fraction of sp³-hybridized carbons (Fsp3) is 0.421. The number of carbonyl (C=O) groups is 3. The summed E-state index contributed by atoms with van der Waals surface area (Å²) in [6.45, 7) is 1.15. The Bertz CT molecular complexity index is 836. The zero-order valence-corrected chi connectivity index (χ0v) is 18.1. The van der Waals surface area contributed by atoms with Gasteiger partial charge in [0.05, 0.1) is 23.6 Å². The number of ether oxygens (including phenoxy) is 2. The highest BCUT2D eigenvalue weighted by molar-refractivity contribution is 9.10. The molecule has 2 fully saturated rings. The zero-order chi connectivity index (χ0) is 20.3. The summed E-state index contributed by atoms with van der Waals surface area (Å²) in [6.07, 6.45) is 4.62.